The normalized spacial score (nSPS) is 13.6. The first-order valence-electron chi connectivity index (χ1n) is 15.4. The van der Waals surface area contributed by atoms with Crippen molar-refractivity contribution in [3.63, 3.8) is 0 Å². The highest BCUT2D eigenvalue weighted by molar-refractivity contribution is 6.95. The average molecular weight is 892 g/mol. The summed E-state index contributed by atoms with van der Waals surface area (Å²) >= 11 is 0. The summed E-state index contributed by atoms with van der Waals surface area (Å²) in [6.07, 6.45) is -43.4. The number of aryl methyl sites for hydroxylation is 1. The Morgan fingerprint density at radius 2 is 0.424 bits per heavy atom. The molecule has 324 valence electrons. The van der Waals surface area contributed by atoms with E-state index in [9.17, 15) is 105 Å². The van der Waals surface area contributed by atoms with Gasteiger partial charge in [0.2, 0.25) is 6.71 Å². The largest absolute Gasteiger partial charge is 0.416 e. The number of hydrogen-bond donors (Lipinski definition) is 0. The molecule has 0 atom stereocenters. The molecule has 0 heterocycles. The Hall–Kier alpha value is -4.74. The molecule has 0 aliphatic rings. The van der Waals surface area contributed by atoms with Crippen molar-refractivity contribution in [3.05, 3.63) is 123 Å². The Kier molecular flexibility index (Phi) is 13.2. The first-order valence-corrected chi connectivity index (χ1v) is 15.4. The molecule has 0 aromatic heterocycles. The van der Waals surface area contributed by atoms with E-state index < -0.39 is 135 Å². The second-order valence-electron chi connectivity index (χ2n) is 12.2. The highest BCUT2D eigenvalue weighted by atomic mass is 19.4. The van der Waals surface area contributed by atoms with Gasteiger partial charge < -0.3 is 0 Å². The number of hydrogen-bond acceptors (Lipinski definition) is 0. The van der Waals surface area contributed by atoms with Gasteiger partial charge in [-0.1, -0.05) is 59.7 Å². The molecule has 0 fully saturated rings. The van der Waals surface area contributed by atoms with E-state index in [2.05, 4.69) is 0 Å². The zero-order chi connectivity index (χ0) is 45.7. The molecule has 0 saturated carbocycles. The maximum Gasteiger partial charge on any atom is 0.416 e. The molecule has 25 heteroatoms. The van der Waals surface area contributed by atoms with Gasteiger partial charge in [0, 0.05) is 0 Å². The summed E-state index contributed by atoms with van der Waals surface area (Å²) in [4.78, 5) is 0. The Labute approximate surface area is 314 Å². The maximum absolute atomic E-state index is 13.5. The van der Waals surface area contributed by atoms with Crippen LogP contribution in [0.3, 0.4) is 0 Å². The van der Waals surface area contributed by atoms with Gasteiger partial charge in [-0.2, -0.15) is 105 Å². The minimum Gasteiger partial charge on any atom is -0.166 e. The fourth-order valence-electron chi connectivity index (χ4n) is 5.24. The summed E-state index contributed by atoms with van der Waals surface area (Å²) in [5.41, 5.74) is -20.3. The van der Waals surface area contributed by atoms with E-state index in [-0.39, 0.29) is 54.4 Å². The van der Waals surface area contributed by atoms with Gasteiger partial charge in [-0.25, -0.2) is 0 Å². The first-order chi connectivity index (χ1) is 26.2. The van der Waals surface area contributed by atoms with Crippen LogP contribution in [0.1, 0.15) is 57.0 Å². The quantitative estimate of drug-likeness (QED) is 0.141. The van der Waals surface area contributed by atoms with E-state index in [4.69, 9.17) is 0 Å². The van der Waals surface area contributed by atoms with E-state index in [0.717, 1.165) is 12.1 Å². The second kappa shape index (κ2) is 16.0. The van der Waals surface area contributed by atoms with Crippen LogP contribution in [0.25, 0.3) is 0 Å². The summed E-state index contributed by atoms with van der Waals surface area (Å²) in [5, 5.41) is 0. The van der Waals surface area contributed by atoms with Gasteiger partial charge in [-0.15, -0.1) is 0 Å². The lowest BCUT2D eigenvalue weighted by Crippen LogP contribution is -2.53. The standard InChI is InChI=1S/C24H9BF18.C10H8F6/c26-19(27,28)10-1-11(20(29,30)31)5-16(4-10)25(17-6-12(21(32,33)34)2-13(7-17)22(35,36)37)18-8-14(23(38,39)40)3-15(9-18)24(41,42)43;1-2-6-3-7(9(11,12)13)5-8(4-6)10(14,15)16/h1-9H;3-5H,2H2,1H3. The predicted octanol–water partition coefficient (Wildman–Crippen LogP) is 12.6. The zero-order valence-corrected chi connectivity index (χ0v) is 28.3. The molecule has 0 aliphatic heterocycles. The van der Waals surface area contributed by atoms with Crippen molar-refractivity contribution >= 4 is 23.1 Å². The van der Waals surface area contributed by atoms with E-state index in [1.807, 2.05) is 0 Å². The summed E-state index contributed by atoms with van der Waals surface area (Å²) in [6.45, 7) is -1.38. The van der Waals surface area contributed by atoms with Crippen molar-refractivity contribution in [1.82, 2.24) is 0 Å². The van der Waals surface area contributed by atoms with Gasteiger partial charge in [0.25, 0.3) is 0 Å². The van der Waals surface area contributed by atoms with Crippen LogP contribution < -0.4 is 16.4 Å². The monoisotopic (exact) mass is 892 g/mol. The van der Waals surface area contributed by atoms with Crippen molar-refractivity contribution in [2.45, 2.75) is 62.8 Å². The van der Waals surface area contributed by atoms with Crippen LogP contribution >= 0.6 is 0 Å². The van der Waals surface area contributed by atoms with Crippen molar-refractivity contribution in [1.29, 1.82) is 0 Å². The van der Waals surface area contributed by atoms with E-state index in [0.29, 0.717) is 0 Å². The highest BCUT2D eigenvalue weighted by Gasteiger charge is 2.44. The number of alkyl halides is 24. The van der Waals surface area contributed by atoms with Crippen molar-refractivity contribution < 1.29 is 105 Å². The fraction of sp³-hybridized carbons (Fsp3) is 0.294. The van der Waals surface area contributed by atoms with Crippen molar-refractivity contribution in [2.24, 2.45) is 0 Å². The van der Waals surface area contributed by atoms with Gasteiger partial charge in [0.1, 0.15) is 0 Å². The van der Waals surface area contributed by atoms with Crippen LogP contribution in [0, 0.1) is 0 Å². The maximum atomic E-state index is 13.5. The second-order valence-corrected chi connectivity index (χ2v) is 12.2. The van der Waals surface area contributed by atoms with E-state index in [1.54, 1.807) is 0 Å². The molecule has 4 aromatic carbocycles. The van der Waals surface area contributed by atoms with Gasteiger partial charge in [-0.3, -0.25) is 0 Å². The smallest absolute Gasteiger partial charge is 0.166 e. The van der Waals surface area contributed by atoms with Crippen LogP contribution in [0.5, 0.6) is 0 Å². The molecule has 4 rings (SSSR count). The van der Waals surface area contributed by atoms with Gasteiger partial charge in [-0.05, 0) is 48.4 Å². The van der Waals surface area contributed by atoms with Crippen molar-refractivity contribution in [2.75, 3.05) is 0 Å². The molecule has 0 unspecified atom stereocenters. The summed E-state index contributed by atoms with van der Waals surface area (Å²) in [5.74, 6) is 0. The molecular weight excluding hydrogens is 875 g/mol. The predicted molar refractivity (Wildman–Crippen MR) is 160 cm³/mol. The minimum atomic E-state index is -5.67. The first kappa shape index (κ1) is 48.6. The topological polar surface area (TPSA) is 0 Å². The molecule has 0 N–H and O–H groups in total. The zero-order valence-electron chi connectivity index (χ0n) is 28.3. The van der Waals surface area contributed by atoms with Crippen LogP contribution in [0.2, 0.25) is 0 Å². The highest BCUT2D eigenvalue weighted by Crippen LogP contribution is 2.39. The lowest BCUT2D eigenvalue weighted by atomic mass is 9.36. The van der Waals surface area contributed by atoms with Crippen LogP contribution in [-0.2, 0) is 55.8 Å². The molecule has 0 spiro atoms. The third-order valence-electron chi connectivity index (χ3n) is 7.89. The lowest BCUT2D eigenvalue weighted by molar-refractivity contribution is -0.144. The van der Waals surface area contributed by atoms with Crippen LogP contribution in [-0.4, -0.2) is 6.71 Å². The summed E-state index contributed by atoms with van der Waals surface area (Å²) in [7, 11) is 0. The molecular formula is C34H17BF24. The van der Waals surface area contributed by atoms with Crippen LogP contribution in [0.4, 0.5) is 105 Å². The Bertz CT molecular complexity index is 1790. The molecule has 0 aliphatic carbocycles. The molecule has 0 amide bonds. The minimum absolute atomic E-state index is 0.0159. The van der Waals surface area contributed by atoms with Gasteiger partial charge >= 0.3 is 49.4 Å². The average Bonchev–Trinajstić information content (AvgIpc) is 3.05. The third-order valence-corrected chi connectivity index (χ3v) is 7.89. The third kappa shape index (κ3) is 12.6. The van der Waals surface area contributed by atoms with E-state index in [1.165, 1.54) is 6.92 Å². The van der Waals surface area contributed by atoms with Crippen LogP contribution in [0.15, 0.2) is 72.8 Å². The van der Waals surface area contributed by atoms with Gasteiger partial charge in [0.05, 0.1) is 44.5 Å². The molecule has 0 bridgehead atoms. The number of benzene rings is 4. The van der Waals surface area contributed by atoms with E-state index >= 15 is 0 Å². The molecule has 0 saturated heterocycles. The Balaban J connectivity index is 0.000000486. The molecule has 59 heavy (non-hydrogen) atoms. The lowest BCUT2D eigenvalue weighted by Gasteiger charge is -2.23. The summed E-state index contributed by atoms with van der Waals surface area (Å²) in [6, 6.07) is -1.36. The SMILES string of the molecule is CCc1cc(C(F)(F)F)cc(C(F)(F)F)c1.FC(F)(F)c1cc(B(c2cc(C(F)(F)F)cc(C(F)(F)F)c2)c2cc(C(F)(F)F)cc(C(F)(F)F)c2)cc(C(F)(F)F)c1. The molecule has 4 aromatic rings. The molecule has 0 radical (unpaired) electrons. The summed E-state index contributed by atoms with van der Waals surface area (Å²) < 4.78 is 317. The number of rotatable bonds is 4. The van der Waals surface area contributed by atoms with Gasteiger partial charge in [0.15, 0.2) is 0 Å². The molecule has 0 nitrogen and oxygen atoms in total. The van der Waals surface area contributed by atoms with Crippen molar-refractivity contribution in [3.8, 4) is 0 Å². The number of halogens is 24. The Morgan fingerprint density at radius 1 is 0.271 bits per heavy atom. The Morgan fingerprint density at radius 3 is 0.559 bits per heavy atom. The fourth-order valence-corrected chi connectivity index (χ4v) is 5.24.